The minimum absolute atomic E-state index is 0.0330. The minimum atomic E-state index is -0.521. The summed E-state index contributed by atoms with van der Waals surface area (Å²) in [6.07, 6.45) is -0.455. The van der Waals surface area contributed by atoms with Gasteiger partial charge in [0, 0.05) is 23.8 Å². The highest BCUT2D eigenvalue weighted by Crippen LogP contribution is 2.19. The van der Waals surface area contributed by atoms with Crippen LogP contribution in [0.25, 0.3) is 0 Å². The maximum absolute atomic E-state index is 11.6. The molecule has 0 radical (unpaired) electrons. The quantitative estimate of drug-likeness (QED) is 0.778. The predicted octanol–water partition coefficient (Wildman–Crippen LogP) is 2.42. The molecule has 0 aliphatic rings. The fourth-order valence-electron chi connectivity index (χ4n) is 1.93. The van der Waals surface area contributed by atoms with Crippen molar-refractivity contribution < 1.29 is 14.3 Å². The molecule has 4 N–H and O–H groups in total. The van der Waals surface area contributed by atoms with E-state index in [0.29, 0.717) is 12.1 Å². The molecule has 0 aliphatic heterocycles. The van der Waals surface area contributed by atoms with Crippen LogP contribution in [0.2, 0.25) is 0 Å². The van der Waals surface area contributed by atoms with Gasteiger partial charge in [0.05, 0.1) is 0 Å². The monoisotopic (exact) mass is 307 g/mol. The molecule has 122 valence electrons. The lowest BCUT2D eigenvalue weighted by molar-refractivity contribution is 0.0526. The summed E-state index contributed by atoms with van der Waals surface area (Å²) < 4.78 is 5.17. The van der Waals surface area contributed by atoms with Crippen LogP contribution >= 0.6 is 0 Å². The van der Waals surface area contributed by atoms with Crippen molar-refractivity contribution in [1.29, 1.82) is 0 Å². The van der Waals surface area contributed by atoms with Crippen LogP contribution in [0, 0.1) is 6.92 Å². The fraction of sp³-hybridized carbons (Fsp3) is 0.500. The molecular formula is C16H25N3O3. The number of rotatable bonds is 5. The van der Waals surface area contributed by atoms with Crippen molar-refractivity contribution in [2.45, 2.75) is 46.3 Å². The maximum Gasteiger partial charge on any atom is 0.407 e. The number of anilines is 1. The average Bonchev–Trinajstić information content (AvgIpc) is 2.36. The predicted molar refractivity (Wildman–Crippen MR) is 87.0 cm³/mol. The SMILES string of the molecule is Cc1c(NC(C)CNC(=O)OC(C)(C)C)cccc1C(N)=O. The van der Waals surface area contributed by atoms with Gasteiger partial charge in [-0.05, 0) is 52.3 Å². The molecule has 6 nitrogen and oxygen atoms in total. The van der Waals surface area contributed by atoms with Gasteiger partial charge in [-0.25, -0.2) is 4.79 Å². The molecule has 6 heteroatoms. The molecule has 0 bridgehead atoms. The Morgan fingerprint density at radius 3 is 2.50 bits per heavy atom. The van der Waals surface area contributed by atoms with Crippen molar-refractivity contribution in [3.8, 4) is 0 Å². The summed E-state index contributed by atoms with van der Waals surface area (Å²) in [4.78, 5) is 22.9. The molecule has 0 fully saturated rings. The molecule has 22 heavy (non-hydrogen) atoms. The first-order valence-corrected chi connectivity index (χ1v) is 7.23. The number of nitrogens with one attached hydrogen (secondary N) is 2. The van der Waals surface area contributed by atoms with Crippen molar-refractivity contribution in [2.75, 3.05) is 11.9 Å². The number of amides is 2. The van der Waals surface area contributed by atoms with Crippen molar-refractivity contribution >= 4 is 17.7 Å². The maximum atomic E-state index is 11.6. The molecule has 0 saturated heterocycles. The Morgan fingerprint density at radius 1 is 1.32 bits per heavy atom. The Labute approximate surface area is 131 Å². The van der Waals surface area contributed by atoms with Gasteiger partial charge >= 0.3 is 6.09 Å². The number of carbonyl (C=O) groups is 2. The molecule has 1 aromatic carbocycles. The Morgan fingerprint density at radius 2 is 1.95 bits per heavy atom. The van der Waals surface area contributed by atoms with Crippen LogP contribution in [0.5, 0.6) is 0 Å². The summed E-state index contributed by atoms with van der Waals surface area (Å²) in [6, 6.07) is 5.29. The minimum Gasteiger partial charge on any atom is -0.444 e. The smallest absolute Gasteiger partial charge is 0.407 e. The molecule has 1 rings (SSSR count). The van der Waals surface area contributed by atoms with E-state index in [4.69, 9.17) is 10.5 Å². The van der Waals surface area contributed by atoms with Crippen LogP contribution in [0.4, 0.5) is 10.5 Å². The molecule has 1 unspecified atom stereocenters. The van der Waals surface area contributed by atoms with Crippen LogP contribution in [0.1, 0.15) is 43.6 Å². The second-order valence-corrected chi connectivity index (χ2v) is 6.27. The number of hydrogen-bond donors (Lipinski definition) is 3. The third kappa shape index (κ3) is 5.63. The van der Waals surface area contributed by atoms with E-state index in [1.54, 1.807) is 12.1 Å². The van der Waals surface area contributed by atoms with Gasteiger partial charge in [0.1, 0.15) is 5.60 Å². The summed E-state index contributed by atoms with van der Waals surface area (Å²) >= 11 is 0. The van der Waals surface area contributed by atoms with Crippen LogP contribution in [0.3, 0.4) is 0 Å². The highest BCUT2D eigenvalue weighted by molar-refractivity contribution is 5.95. The number of hydrogen-bond acceptors (Lipinski definition) is 4. The van der Waals surface area contributed by atoms with E-state index < -0.39 is 17.6 Å². The van der Waals surface area contributed by atoms with Crippen molar-refractivity contribution in [1.82, 2.24) is 5.32 Å². The molecule has 1 aromatic rings. The molecule has 1 atom stereocenters. The van der Waals surface area contributed by atoms with Crippen LogP contribution < -0.4 is 16.4 Å². The van der Waals surface area contributed by atoms with Gasteiger partial charge in [-0.15, -0.1) is 0 Å². The Hall–Kier alpha value is -2.24. The molecule has 0 saturated carbocycles. The first-order chi connectivity index (χ1) is 10.1. The summed E-state index contributed by atoms with van der Waals surface area (Å²) in [5.74, 6) is -0.458. The Kier molecular flexibility index (Phi) is 5.79. The zero-order chi connectivity index (χ0) is 16.9. The van der Waals surface area contributed by atoms with Crippen LogP contribution in [-0.4, -0.2) is 30.2 Å². The van der Waals surface area contributed by atoms with E-state index in [1.165, 1.54) is 0 Å². The number of ether oxygens (including phenoxy) is 1. The Bertz CT molecular complexity index is 550. The average molecular weight is 307 g/mol. The largest absolute Gasteiger partial charge is 0.444 e. The van der Waals surface area contributed by atoms with Gasteiger partial charge in [-0.2, -0.15) is 0 Å². The van der Waals surface area contributed by atoms with Gasteiger partial charge in [0.25, 0.3) is 0 Å². The molecule has 0 heterocycles. The topological polar surface area (TPSA) is 93.4 Å². The van der Waals surface area contributed by atoms with E-state index in [9.17, 15) is 9.59 Å². The lowest BCUT2D eigenvalue weighted by Crippen LogP contribution is -2.38. The van der Waals surface area contributed by atoms with Crippen LogP contribution in [0.15, 0.2) is 18.2 Å². The lowest BCUT2D eigenvalue weighted by Gasteiger charge is -2.22. The van der Waals surface area contributed by atoms with E-state index in [2.05, 4.69) is 10.6 Å². The van der Waals surface area contributed by atoms with E-state index in [-0.39, 0.29) is 6.04 Å². The summed E-state index contributed by atoms with van der Waals surface area (Å²) in [5.41, 5.74) is 6.90. The van der Waals surface area contributed by atoms with Gasteiger partial charge < -0.3 is 21.1 Å². The fourth-order valence-corrected chi connectivity index (χ4v) is 1.93. The number of nitrogens with two attached hydrogens (primary N) is 1. The molecule has 0 aliphatic carbocycles. The number of alkyl carbamates (subject to hydrolysis) is 1. The first kappa shape index (κ1) is 17.8. The second-order valence-electron chi connectivity index (χ2n) is 6.27. The molecule has 0 aromatic heterocycles. The first-order valence-electron chi connectivity index (χ1n) is 7.23. The highest BCUT2D eigenvalue weighted by atomic mass is 16.6. The standard InChI is InChI=1S/C16H25N3O3/c1-10(9-18-15(21)22-16(3,4)5)19-13-8-6-7-12(11(13)2)14(17)20/h6-8,10,19H,9H2,1-5H3,(H2,17,20)(H,18,21). The molecule has 0 spiro atoms. The number of carbonyl (C=O) groups excluding carboxylic acids is 2. The van der Waals surface area contributed by atoms with Crippen molar-refractivity contribution in [3.63, 3.8) is 0 Å². The summed E-state index contributed by atoms with van der Waals surface area (Å²) in [7, 11) is 0. The van der Waals surface area contributed by atoms with E-state index >= 15 is 0 Å². The molecule has 2 amide bonds. The van der Waals surface area contributed by atoms with Gasteiger partial charge in [0.2, 0.25) is 5.91 Å². The second kappa shape index (κ2) is 7.15. The van der Waals surface area contributed by atoms with Crippen molar-refractivity contribution in [2.24, 2.45) is 5.73 Å². The highest BCUT2D eigenvalue weighted by Gasteiger charge is 2.16. The summed E-state index contributed by atoms with van der Waals surface area (Å²) in [5, 5.41) is 5.95. The van der Waals surface area contributed by atoms with E-state index in [1.807, 2.05) is 40.7 Å². The van der Waals surface area contributed by atoms with Crippen molar-refractivity contribution in [3.05, 3.63) is 29.3 Å². The lowest BCUT2D eigenvalue weighted by atomic mass is 10.1. The van der Waals surface area contributed by atoms with Crippen LogP contribution in [-0.2, 0) is 4.74 Å². The zero-order valence-electron chi connectivity index (χ0n) is 13.8. The zero-order valence-corrected chi connectivity index (χ0v) is 13.8. The van der Waals surface area contributed by atoms with Gasteiger partial charge in [-0.3, -0.25) is 4.79 Å². The third-order valence-electron chi connectivity index (χ3n) is 2.95. The number of primary amides is 1. The summed E-state index contributed by atoms with van der Waals surface area (Å²) in [6.45, 7) is 9.59. The van der Waals surface area contributed by atoms with E-state index in [0.717, 1.165) is 11.3 Å². The molecular weight excluding hydrogens is 282 g/mol. The Balaban J connectivity index is 2.59. The van der Waals surface area contributed by atoms with Gasteiger partial charge in [0.15, 0.2) is 0 Å². The number of benzene rings is 1. The normalized spacial score (nSPS) is 12.4. The van der Waals surface area contributed by atoms with Gasteiger partial charge in [-0.1, -0.05) is 6.07 Å². The third-order valence-corrected chi connectivity index (χ3v) is 2.95.